The Morgan fingerprint density at radius 3 is 2.74 bits per heavy atom. The third kappa shape index (κ3) is 3.53. The Bertz CT molecular complexity index is 604. The molecule has 6 heteroatoms. The van der Waals surface area contributed by atoms with Crippen molar-refractivity contribution in [2.45, 2.75) is 13.0 Å². The van der Waals surface area contributed by atoms with Crippen LogP contribution in [0.3, 0.4) is 0 Å². The van der Waals surface area contributed by atoms with Crippen molar-refractivity contribution in [1.29, 1.82) is 0 Å². The topological polar surface area (TPSA) is 50.9 Å². The van der Waals surface area contributed by atoms with Gasteiger partial charge in [0.1, 0.15) is 5.82 Å². The van der Waals surface area contributed by atoms with E-state index in [0.717, 1.165) is 15.7 Å². The van der Waals surface area contributed by atoms with E-state index in [2.05, 4.69) is 26.2 Å². The lowest BCUT2D eigenvalue weighted by Gasteiger charge is -2.18. The maximum absolute atomic E-state index is 6.18. The highest BCUT2D eigenvalue weighted by Crippen LogP contribution is 2.30. The van der Waals surface area contributed by atoms with Gasteiger partial charge in [-0.1, -0.05) is 29.3 Å². The van der Waals surface area contributed by atoms with Gasteiger partial charge in [-0.15, -0.1) is 0 Å². The maximum atomic E-state index is 6.18. The summed E-state index contributed by atoms with van der Waals surface area (Å²) in [6.45, 7) is 2.00. The molecule has 0 aliphatic heterocycles. The predicted molar refractivity (Wildman–Crippen MR) is 84.8 cm³/mol. The van der Waals surface area contributed by atoms with Crippen LogP contribution >= 0.6 is 39.1 Å². The smallest absolute Gasteiger partial charge is 0.146 e. The first-order valence-corrected chi connectivity index (χ1v) is 7.15. The van der Waals surface area contributed by atoms with Gasteiger partial charge < -0.3 is 11.1 Å². The molecule has 1 heterocycles. The Labute approximate surface area is 130 Å². The van der Waals surface area contributed by atoms with Crippen LogP contribution < -0.4 is 11.1 Å². The molecule has 0 aliphatic carbocycles. The second kappa shape index (κ2) is 5.99. The number of rotatable bonds is 3. The van der Waals surface area contributed by atoms with Crippen LogP contribution in [0.15, 0.2) is 34.9 Å². The molecule has 0 saturated carbocycles. The Hall–Kier alpha value is -0.970. The van der Waals surface area contributed by atoms with Gasteiger partial charge in [0.25, 0.3) is 0 Å². The number of nitrogens with two attached hydrogens (primary N) is 1. The van der Waals surface area contributed by atoms with Crippen LogP contribution in [0.1, 0.15) is 18.5 Å². The van der Waals surface area contributed by atoms with E-state index in [-0.39, 0.29) is 6.04 Å². The van der Waals surface area contributed by atoms with Crippen LogP contribution in [0.2, 0.25) is 10.0 Å². The molecule has 0 aliphatic rings. The normalized spacial score (nSPS) is 12.2. The van der Waals surface area contributed by atoms with E-state index in [4.69, 9.17) is 28.9 Å². The van der Waals surface area contributed by atoms with Gasteiger partial charge in [0, 0.05) is 20.7 Å². The molecule has 0 unspecified atom stereocenters. The minimum absolute atomic E-state index is 0.0110. The highest BCUT2D eigenvalue weighted by atomic mass is 79.9. The molecular formula is C13H12BrCl2N3. The number of halogens is 3. The second-order valence-electron chi connectivity index (χ2n) is 4.12. The zero-order valence-electron chi connectivity index (χ0n) is 10.1. The Kier molecular flexibility index (Phi) is 4.55. The number of benzene rings is 1. The van der Waals surface area contributed by atoms with E-state index in [9.17, 15) is 0 Å². The molecule has 1 aromatic carbocycles. The van der Waals surface area contributed by atoms with Crippen molar-refractivity contribution in [2.24, 2.45) is 0 Å². The van der Waals surface area contributed by atoms with Crippen LogP contribution in [0.5, 0.6) is 0 Å². The summed E-state index contributed by atoms with van der Waals surface area (Å²) in [5, 5.41) is 4.52. The molecule has 0 amide bonds. The molecular weight excluding hydrogens is 349 g/mol. The van der Waals surface area contributed by atoms with E-state index in [1.54, 1.807) is 12.3 Å². The quantitative estimate of drug-likeness (QED) is 0.817. The average Bonchev–Trinajstić information content (AvgIpc) is 2.33. The number of hydrogen-bond acceptors (Lipinski definition) is 3. The molecule has 2 aromatic rings. The van der Waals surface area contributed by atoms with E-state index in [1.165, 1.54) is 0 Å². The second-order valence-corrected chi connectivity index (χ2v) is 5.88. The van der Waals surface area contributed by atoms with E-state index < -0.39 is 0 Å². The zero-order valence-corrected chi connectivity index (χ0v) is 13.2. The van der Waals surface area contributed by atoms with Gasteiger partial charge in [-0.25, -0.2) is 4.98 Å². The molecule has 1 atom stereocenters. The van der Waals surface area contributed by atoms with Crippen LogP contribution in [0.4, 0.5) is 11.5 Å². The van der Waals surface area contributed by atoms with Crippen molar-refractivity contribution in [3.63, 3.8) is 0 Å². The molecule has 2 rings (SSSR count). The lowest BCUT2D eigenvalue weighted by molar-refractivity contribution is 0.884. The molecule has 19 heavy (non-hydrogen) atoms. The van der Waals surface area contributed by atoms with Crippen LogP contribution in [-0.4, -0.2) is 4.98 Å². The average molecular weight is 361 g/mol. The first-order valence-electron chi connectivity index (χ1n) is 5.60. The van der Waals surface area contributed by atoms with Crippen molar-refractivity contribution >= 4 is 50.6 Å². The van der Waals surface area contributed by atoms with Crippen molar-refractivity contribution in [3.05, 3.63) is 50.5 Å². The fourth-order valence-corrected chi connectivity index (χ4v) is 2.63. The Morgan fingerprint density at radius 1 is 1.32 bits per heavy atom. The molecule has 0 radical (unpaired) electrons. The van der Waals surface area contributed by atoms with Crippen molar-refractivity contribution in [3.8, 4) is 0 Å². The highest BCUT2D eigenvalue weighted by Gasteiger charge is 2.12. The van der Waals surface area contributed by atoms with Gasteiger partial charge in [0.2, 0.25) is 0 Å². The summed E-state index contributed by atoms with van der Waals surface area (Å²) in [5.41, 5.74) is 7.54. The van der Waals surface area contributed by atoms with Gasteiger partial charge in [0.05, 0.1) is 11.7 Å². The SMILES string of the molecule is C[C@@H](Nc1cc(Br)cnc1N)c1ccc(Cl)cc1Cl. The first kappa shape index (κ1) is 14.4. The van der Waals surface area contributed by atoms with Gasteiger partial charge in [-0.2, -0.15) is 0 Å². The molecule has 3 N–H and O–H groups in total. The third-order valence-corrected chi connectivity index (χ3v) is 3.68. The third-order valence-electron chi connectivity index (χ3n) is 2.69. The first-order chi connectivity index (χ1) is 8.97. The summed E-state index contributed by atoms with van der Waals surface area (Å²) >= 11 is 15.4. The van der Waals surface area contributed by atoms with Crippen molar-refractivity contribution in [1.82, 2.24) is 4.98 Å². The summed E-state index contributed by atoms with van der Waals surface area (Å²) in [7, 11) is 0. The summed E-state index contributed by atoms with van der Waals surface area (Å²) in [5.74, 6) is 0.445. The van der Waals surface area contributed by atoms with Crippen molar-refractivity contribution < 1.29 is 0 Å². The lowest BCUT2D eigenvalue weighted by Crippen LogP contribution is -2.09. The minimum atomic E-state index is -0.0110. The number of nitrogens with zero attached hydrogens (tertiary/aromatic N) is 1. The fourth-order valence-electron chi connectivity index (χ4n) is 1.73. The molecule has 0 saturated heterocycles. The van der Waals surface area contributed by atoms with E-state index >= 15 is 0 Å². The van der Waals surface area contributed by atoms with E-state index in [0.29, 0.717) is 15.9 Å². The van der Waals surface area contributed by atoms with Crippen LogP contribution in [-0.2, 0) is 0 Å². The predicted octanol–water partition coefficient (Wildman–Crippen LogP) is 4.91. The van der Waals surface area contributed by atoms with Gasteiger partial charge in [0.15, 0.2) is 0 Å². The summed E-state index contributed by atoms with van der Waals surface area (Å²) in [6.07, 6.45) is 1.65. The lowest BCUT2D eigenvalue weighted by atomic mass is 10.1. The molecule has 0 fully saturated rings. The minimum Gasteiger partial charge on any atom is -0.382 e. The number of nitrogen functional groups attached to an aromatic ring is 1. The molecule has 1 aromatic heterocycles. The number of anilines is 2. The molecule has 0 bridgehead atoms. The monoisotopic (exact) mass is 359 g/mol. The maximum Gasteiger partial charge on any atom is 0.146 e. The number of nitrogens with one attached hydrogen (secondary N) is 1. The van der Waals surface area contributed by atoms with Crippen LogP contribution in [0, 0.1) is 0 Å². The number of hydrogen-bond donors (Lipinski definition) is 2. The molecule has 0 spiro atoms. The Balaban J connectivity index is 2.25. The molecule has 3 nitrogen and oxygen atoms in total. The fraction of sp³-hybridized carbons (Fsp3) is 0.154. The molecule has 100 valence electrons. The largest absolute Gasteiger partial charge is 0.382 e. The summed E-state index contributed by atoms with van der Waals surface area (Å²) in [4.78, 5) is 4.08. The van der Waals surface area contributed by atoms with Gasteiger partial charge in [-0.05, 0) is 46.6 Å². The Morgan fingerprint density at radius 2 is 2.05 bits per heavy atom. The standard InChI is InChI=1S/C13H12BrCl2N3/c1-7(10-3-2-9(15)5-11(10)16)19-12-4-8(14)6-18-13(12)17/h2-7,19H,1H3,(H2,17,18)/t7-/m1/s1. The van der Waals surface area contributed by atoms with E-state index in [1.807, 2.05) is 25.1 Å². The zero-order chi connectivity index (χ0) is 14.0. The summed E-state index contributed by atoms with van der Waals surface area (Å²) < 4.78 is 0.860. The number of aromatic nitrogens is 1. The summed E-state index contributed by atoms with van der Waals surface area (Å²) in [6, 6.07) is 7.29. The van der Waals surface area contributed by atoms with Gasteiger partial charge in [-0.3, -0.25) is 0 Å². The van der Waals surface area contributed by atoms with Crippen LogP contribution in [0.25, 0.3) is 0 Å². The van der Waals surface area contributed by atoms with Gasteiger partial charge >= 0.3 is 0 Å². The number of pyridine rings is 1. The van der Waals surface area contributed by atoms with Crippen molar-refractivity contribution in [2.75, 3.05) is 11.1 Å². The highest BCUT2D eigenvalue weighted by molar-refractivity contribution is 9.10.